The Hall–Kier alpha value is -1.73. The van der Waals surface area contributed by atoms with Crippen molar-refractivity contribution in [2.45, 2.75) is 26.3 Å². The van der Waals surface area contributed by atoms with Crippen LogP contribution in [-0.4, -0.2) is 40.8 Å². The molecular formula is C15H19N3O3S. The van der Waals surface area contributed by atoms with E-state index in [1.807, 2.05) is 23.3 Å². The van der Waals surface area contributed by atoms with E-state index in [-0.39, 0.29) is 17.9 Å². The van der Waals surface area contributed by atoms with E-state index in [9.17, 15) is 4.79 Å². The highest BCUT2D eigenvalue weighted by Gasteiger charge is 2.34. The summed E-state index contributed by atoms with van der Waals surface area (Å²) in [6.45, 7) is 5.21. The summed E-state index contributed by atoms with van der Waals surface area (Å²) in [7, 11) is 0. The molecule has 0 unspecified atom stereocenters. The highest BCUT2D eigenvalue weighted by molar-refractivity contribution is 7.09. The molecule has 1 aliphatic heterocycles. The van der Waals surface area contributed by atoms with Gasteiger partial charge in [-0.15, -0.1) is 21.5 Å². The number of hydrogen-bond acceptors (Lipinski definition) is 6. The number of amides is 1. The largest absolute Gasteiger partial charge is 0.423 e. The molecule has 0 bridgehead atoms. The Kier molecular flexibility index (Phi) is 4.54. The van der Waals surface area contributed by atoms with Crippen molar-refractivity contribution >= 4 is 17.2 Å². The fourth-order valence-electron chi connectivity index (χ4n) is 2.62. The van der Waals surface area contributed by atoms with Gasteiger partial charge < -0.3 is 14.1 Å². The van der Waals surface area contributed by atoms with Crippen LogP contribution in [0.15, 0.2) is 21.9 Å². The van der Waals surface area contributed by atoms with Crippen LogP contribution in [0.5, 0.6) is 0 Å². The predicted octanol–water partition coefficient (Wildman–Crippen LogP) is 2.22. The van der Waals surface area contributed by atoms with E-state index in [1.54, 1.807) is 18.3 Å². The smallest absolute Gasteiger partial charge is 0.241 e. The molecule has 3 heterocycles. The third-order valence-electron chi connectivity index (χ3n) is 3.75. The maximum absolute atomic E-state index is 12.8. The molecule has 2 aromatic rings. The van der Waals surface area contributed by atoms with Crippen molar-refractivity contribution in [2.24, 2.45) is 5.92 Å². The molecule has 0 N–H and O–H groups in total. The standard InChI is InChI=1S/C15H19N3O3S/c1-10(8-12-4-3-7-22-12)15(19)18-5-6-20-9-13(18)14-17-16-11(2)21-14/h3-4,7,10,13H,5-6,8-9H2,1-2H3/t10-,13-/m0/s1. The van der Waals surface area contributed by atoms with E-state index >= 15 is 0 Å². The predicted molar refractivity (Wildman–Crippen MR) is 81.5 cm³/mol. The molecular weight excluding hydrogens is 302 g/mol. The zero-order chi connectivity index (χ0) is 15.5. The summed E-state index contributed by atoms with van der Waals surface area (Å²) < 4.78 is 11.0. The van der Waals surface area contributed by atoms with Crippen LogP contribution in [0.3, 0.4) is 0 Å². The summed E-state index contributed by atoms with van der Waals surface area (Å²) >= 11 is 1.68. The van der Waals surface area contributed by atoms with Gasteiger partial charge in [-0.05, 0) is 17.9 Å². The number of aromatic nitrogens is 2. The molecule has 1 saturated heterocycles. The average molecular weight is 321 g/mol. The van der Waals surface area contributed by atoms with Gasteiger partial charge in [0.05, 0.1) is 13.2 Å². The molecule has 0 aliphatic carbocycles. The van der Waals surface area contributed by atoms with Crippen molar-refractivity contribution < 1.29 is 13.9 Å². The van der Waals surface area contributed by atoms with Crippen LogP contribution in [0, 0.1) is 12.8 Å². The monoisotopic (exact) mass is 321 g/mol. The zero-order valence-electron chi connectivity index (χ0n) is 12.7. The van der Waals surface area contributed by atoms with Crippen LogP contribution < -0.4 is 0 Å². The van der Waals surface area contributed by atoms with Crippen LogP contribution in [0.25, 0.3) is 0 Å². The summed E-state index contributed by atoms with van der Waals surface area (Å²) in [5.74, 6) is 0.981. The third kappa shape index (κ3) is 3.20. The van der Waals surface area contributed by atoms with Crippen LogP contribution in [0.1, 0.15) is 29.6 Å². The van der Waals surface area contributed by atoms with Crippen molar-refractivity contribution in [3.8, 4) is 0 Å². The number of morpholine rings is 1. The van der Waals surface area contributed by atoms with Crippen molar-refractivity contribution in [3.05, 3.63) is 34.2 Å². The summed E-state index contributed by atoms with van der Waals surface area (Å²) in [6.07, 6.45) is 0.753. The Labute approximate surface area is 133 Å². The molecule has 1 aliphatic rings. The maximum Gasteiger partial charge on any atom is 0.241 e. The van der Waals surface area contributed by atoms with E-state index in [1.165, 1.54) is 4.88 Å². The summed E-state index contributed by atoms with van der Waals surface area (Å²) in [4.78, 5) is 15.8. The van der Waals surface area contributed by atoms with Gasteiger partial charge in [0.25, 0.3) is 0 Å². The second-order valence-corrected chi connectivity index (χ2v) is 6.50. The molecule has 3 rings (SSSR count). The first-order valence-electron chi connectivity index (χ1n) is 7.35. The van der Waals surface area contributed by atoms with Gasteiger partial charge in [-0.1, -0.05) is 13.0 Å². The van der Waals surface area contributed by atoms with Crippen LogP contribution in [0.2, 0.25) is 0 Å². The Bertz CT molecular complexity index is 626. The van der Waals surface area contributed by atoms with Gasteiger partial charge in [0.1, 0.15) is 6.04 Å². The molecule has 0 spiro atoms. The van der Waals surface area contributed by atoms with Crippen LogP contribution >= 0.6 is 11.3 Å². The fourth-order valence-corrected chi connectivity index (χ4v) is 3.45. The molecule has 1 fully saturated rings. The molecule has 2 aromatic heterocycles. The Morgan fingerprint density at radius 1 is 1.55 bits per heavy atom. The normalized spacial score (nSPS) is 20.1. The maximum atomic E-state index is 12.8. The lowest BCUT2D eigenvalue weighted by Crippen LogP contribution is -2.46. The summed E-state index contributed by atoms with van der Waals surface area (Å²) in [6, 6.07) is 3.79. The molecule has 118 valence electrons. The van der Waals surface area contributed by atoms with Crippen molar-refractivity contribution in [1.82, 2.24) is 15.1 Å². The highest BCUT2D eigenvalue weighted by Crippen LogP contribution is 2.26. The van der Waals surface area contributed by atoms with Crippen molar-refractivity contribution in [3.63, 3.8) is 0 Å². The lowest BCUT2D eigenvalue weighted by molar-refractivity contribution is -0.145. The number of nitrogens with zero attached hydrogens (tertiary/aromatic N) is 3. The SMILES string of the molecule is Cc1nnc([C@@H]2COCCN2C(=O)[C@@H](C)Cc2cccs2)o1. The number of hydrogen-bond donors (Lipinski definition) is 0. The van der Waals surface area contributed by atoms with Gasteiger partial charge in [-0.25, -0.2) is 0 Å². The van der Waals surface area contributed by atoms with E-state index in [2.05, 4.69) is 16.3 Å². The van der Waals surface area contributed by atoms with Crippen LogP contribution in [0.4, 0.5) is 0 Å². The Balaban J connectivity index is 1.73. The first kappa shape index (κ1) is 15.2. The lowest BCUT2D eigenvalue weighted by Gasteiger charge is -2.35. The molecule has 2 atom stereocenters. The van der Waals surface area contributed by atoms with Crippen molar-refractivity contribution in [1.29, 1.82) is 0 Å². The topological polar surface area (TPSA) is 68.5 Å². The summed E-state index contributed by atoms with van der Waals surface area (Å²) in [5, 5.41) is 9.93. The second kappa shape index (κ2) is 6.58. The quantitative estimate of drug-likeness (QED) is 0.863. The highest BCUT2D eigenvalue weighted by atomic mass is 32.1. The minimum Gasteiger partial charge on any atom is -0.423 e. The van der Waals surface area contributed by atoms with Gasteiger partial charge in [-0.3, -0.25) is 4.79 Å². The number of carbonyl (C=O) groups excluding carboxylic acids is 1. The number of thiophene rings is 1. The number of aryl methyl sites for hydroxylation is 1. The van der Waals surface area contributed by atoms with E-state index in [0.29, 0.717) is 31.5 Å². The Morgan fingerprint density at radius 3 is 3.09 bits per heavy atom. The van der Waals surface area contributed by atoms with E-state index < -0.39 is 0 Å². The van der Waals surface area contributed by atoms with Gasteiger partial charge in [0, 0.05) is 24.3 Å². The number of carbonyl (C=O) groups is 1. The zero-order valence-corrected chi connectivity index (χ0v) is 13.5. The molecule has 7 heteroatoms. The van der Waals surface area contributed by atoms with E-state index in [4.69, 9.17) is 9.15 Å². The third-order valence-corrected chi connectivity index (χ3v) is 4.65. The van der Waals surface area contributed by atoms with Gasteiger partial charge >= 0.3 is 0 Å². The molecule has 0 saturated carbocycles. The van der Waals surface area contributed by atoms with E-state index in [0.717, 1.165) is 6.42 Å². The number of ether oxygens (including phenoxy) is 1. The van der Waals surface area contributed by atoms with Gasteiger partial charge in [0.15, 0.2) is 0 Å². The number of rotatable bonds is 4. The lowest BCUT2D eigenvalue weighted by atomic mass is 10.0. The summed E-state index contributed by atoms with van der Waals surface area (Å²) in [5.41, 5.74) is 0. The molecule has 6 nitrogen and oxygen atoms in total. The second-order valence-electron chi connectivity index (χ2n) is 5.47. The van der Waals surface area contributed by atoms with Crippen LogP contribution in [-0.2, 0) is 16.0 Å². The molecule has 22 heavy (non-hydrogen) atoms. The first-order valence-corrected chi connectivity index (χ1v) is 8.23. The van der Waals surface area contributed by atoms with Gasteiger partial charge in [-0.2, -0.15) is 0 Å². The first-order chi connectivity index (χ1) is 10.6. The molecule has 0 aromatic carbocycles. The average Bonchev–Trinajstić information content (AvgIpc) is 3.18. The molecule has 0 radical (unpaired) electrons. The minimum atomic E-state index is -0.284. The minimum absolute atomic E-state index is 0.0803. The van der Waals surface area contributed by atoms with Gasteiger partial charge in [0.2, 0.25) is 17.7 Å². The molecule has 1 amide bonds. The van der Waals surface area contributed by atoms with Crippen molar-refractivity contribution in [2.75, 3.05) is 19.8 Å². The fraction of sp³-hybridized carbons (Fsp3) is 0.533. The Morgan fingerprint density at radius 2 is 2.41 bits per heavy atom.